The molecule has 12 heavy (non-hydrogen) atoms. The Morgan fingerprint density at radius 3 is 2.42 bits per heavy atom. The van der Waals surface area contributed by atoms with Gasteiger partial charge in [0.25, 0.3) is 0 Å². The topological polar surface area (TPSA) is 38.3 Å². The average molecular weight is 170 g/mol. The zero-order chi connectivity index (χ0) is 9.78. The van der Waals surface area contributed by atoms with Gasteiger partial charge in [-0.3, -0.25) is 0 Å². The molecule has 0 aliphatic carbocycles. The lowest BCUT2D eigenvalue weighted by Gasteiger charge is -2.20. The van der Waals surface area contributed by atoms with Gasteiger partial charge in [-0.15, -0.1) is 6.58 Å². The molecule has 0 fully saturated rings. The molecule has 0 aromatic rings. The minimum absolute atomic E-state index is 0.306. The van der Waals surface area contributed by atoms with Crippen molar-refractivity contribution in [1.29, 1.82) is 0 Å². The molecule has 69 valence electrons. The molecule has 0 rings (SSSR count). The number of alkyl carbamates (subject to hydrolysis) is 1. The normalized spacial score (nSPS) is 13.3. The van der Waals surface area contributed by atoms with Gasteiger partial charge in [-0.25, -0.2) is 4.79 Å². The molecule has 0 saturated carbocycles. The number of rotatable bonds is 2. The first-order valence-corrected chi connectivity index (χ1v) is 3.80. The smallest absolute Gasteiger partial charge is 0.408 e. The van der Waals surface area contributed by atoms with E-state index in [1.54, 1.807) is 20.8 Å². The number of hydrogen-bond acceptors (Lipinski definition) is 2. The van der Waals surface area contributed by atoms with Crippen LogP contribution in [-0.4, -0.2) is 17.7 Å². The Labute approximate surface area is 73.8 Å². The van der Waals surface area contributed by atoms with E-state index in [9.17, 15) is 4.79 Å². The largest absolute Gasteiger partial charge is 0.444 e. The Bertz CT molecular complexity index is 170. The van der Waals surface area contributed by atoms with Gasteiger partial charge in [0.2, 0.25) is 0 Å². The van der Waals surface area contributed by atoms with Gasteiger partial charge in [-0.2, -0.15) is 0 Å². The first kappa shape index (κ1) is 11.0. The minimum Gasteiger partial charge on any atom is -0.444 e. The van der Waals surface area contributed by atoms with Crippen molar-refractivity contribution in [2.45, 2.75) is 32.4 Å². The van der Waals surface area contributed by atoms with Crippen LogP contribution in [0.1, 0.15) is 20.8 Å². The number of nitrogens with one attached hydrogen (secondary N) is 1. The van der Waals surface area contributed by atoms with Crippen molar-refractivity contribution in [3.8, 4) is 0 Å². The second-order valence-electron chi connectivity index (χ2n) is 3.49. The molecule has 0 aliphatic heterocycles. The SMILES string of the molecule is [CH2]C(C=C)NC(=O)OC(C)(C)C. The van der Waals surface area contributed by atoms with Gasteiger partial charge in [0.15, 0.2) is 0 Å². The predicted molar refractivity (Wildman–Crippen MR) is 48.7 cm³/mol. The summed E-state index contributed by atoms with van der Waals surface area (Å²) < 4.78 is 4.97. The van der Waals surface area contributed by atoms with Gasteiger partial charge in [0, 0.05) is 0 Å². The van der Waals surface area contributed by atoms with Crippen LogP contribution in [-0.2, 0) is 4.74 Å². The number of amides is 1. The van der Waals surface area contributed by atoms with E-state index in [0.717, 1.165) is 0 Å². The van der Waals surface area contributed by atoms with Crippen molar-refractivity contribution in [2.75, 3.05) is 0 Å². The molecule has 1 radical (unpaired) electrons. The molecular weight excluding hydrogens is 154 g/mol. The standard InChI is InChI=1S/C9H16NO2/c1-6-7(2)10-8(11)12-9(3,4)5/h6-7H,1-2H2,3-5H3,(H,10,11). The van der Waals surface area contributed by atoms with Gasteiger partial charge >= 0.3 is 6.09 Å². The minimum atomic E-state index is -0.470. The summed E-state index contributed by atoms with van der Waals surface area (Å²) in [5, 5.41) is 2.50. The van der Waals surface area contributed by atoms with E-state index in [1.807, 2.05) is 0 Å². The van der Waals surface area contributed by atoms with E-state index in [0.29, 0.717) is 0 Å². The average Bonchev–Trinajstić information content (AvgIpc) is 1.82. The van der Waals surface area contributed by atoms with Crippen molar-refractivity contribution in [2.24, 2.45) is 0 Å². The predicted octanol–water partition coefficient (Wildman–Crippen LogP) is 1.90. The van der Waals surface area contributed by atoms with Gasteiger partial charge in [0.05, 0.1) is 6.04 Å². The fourth-order valence-corrected chi connectivity index (χ4v) is 0.518. The van der Waals surface area contributed by atoms with E-state index in [4.69, 9.17) is 4.74 Å². The third kappa shape index (κ3) is 5.77. The Hall–Kier alpha value is -0.990. The first-order chi connectivity index (χ1) is 5.35. The van der Waals surface area contributed by atoms with Crippen LogP contribution in [0.2, 0.25) is 0 Å². The van der Waals surface area contributed by atoms with E-state index in [-0.39, 0.29) is 6.04 Å². The number of ether oxygens (including phenoxy) is 1. The van der Waals surface area contributed by atoms with Crippen LogP contribution < -0.4 is 5.32 Å². The summed E-state index contributed by atoms with van der Waals surface area (Å²) in [4.78, 5) is 11.0. The van der Waals surface area contributed by atoms with E-state index < -0.39 is 11.7 Å². The molecule has 0 heterocycles. The summed E-state index contributed by atoms with van der Waals surface area (Å²) in [5.41, 5.74) is -0.467. The van der Waals surface area contributed by atoms with Crippen LogP contribution in [0.15, 0.2) is 12.7 Å². The second-order valence-corrected chi connectivity index (χ2v) is 3.49. The van der Waals surface area contributed by atoms with Crippen molar-refractivity contribution >= 4 is 6.09 Å². The van der Waals surface area contributed by atoms with Gasteiger partial charge in [0.1, 0.15) is 5.60 Å². The maximum absolute atomic E-state index is 11.0. The second kappa shape index (κ2) is 4.14. The highest BCUT2D eigenvalue weighted by Crippen LogP contribution is 2.06. The van der Waals surface area contributed by atoms with Crippen LogP contribution in [0.3, 0.4) is 0 Å². The number of carbonyl (C=O) groups excluding carboxylic acids is 1. The summed E-state index contributed by atoms with van der Waals surface area (Å²) in [7, 11) is 0. The lowest BCUT2D eigenvalue weighted by molar-refractivity contribution is 0.0522. The van der Waals surface area contributed by atoms with E-state index in [2.05, 4.69) is 18.8 Å². The fourth-order valence-electron chi connectivity index (χ4n) is 0.518. The molecule has 3 heteroatoms. The van der Waals surface area contributed by atoms with Crippen LogP contribution in [0.5, 0.6) is 0 Å². The van der Waals surface area contributed by atoms with Crippen molar-refractivity contribution in [3.63, 3.8) is 0 Å². The summed E-state index contributed by atoms with van der Waals surface area (Å²) >= 11 is 0. The molecule has 0 aliphatic rings. The summed E-state index contributed by atoms with van der Waals surface area (Å²) in [6, 6.07) is -0.306. The molecule has 1 N–H and O–H groups in total. The van der Waals surface area contributed by atoms with Gasteiger partial charge < -0.3 is 10.1 Å². The zero-order valence-electron chi connectivity index (χ0n) is 7.89. The summed E-state index contributed by atoms with van der Waals surface area (Å²) in [6.07, 6.45) is 1.06. The Morgan fingerprint density at radius 1 is 1.58 bits per heavy atom. The van der Waals surface area contributed by atoms with E-state index in [1.165, 1.54) is 6.08 Å². The number of carbonyl (C=O) groups is 1. The molecule has 0 spiro atoms. The van der Waals surface area contributed by atoms with Crippen molar-refractivity contribution in [3.05, 3.63) is 19.6 Å². The molecule has 3 nitrogen and oxygen atoms in total. The lowest BCUT2D eigenvalue weighted by Crippen LogP contribution is -2.36. The third-order valence-electron chi connectivity index (χ3n) is 0.987. The highest BCUT2D eigenvalue weighted by atomic mass is 16.6. The quantitative estimate of drug-likeness (QED) is 0.643. The maximum atomic E-state index is 11.0. The van der Waals surface area contributed by atoms with Crippen LogP contribution >= 0.6 is 0 Å². The van der Waals surface area contributed by atoms with E-state index >= 15 is 0 Å². The monoisotopic (exact) mass is 170 g/mol. The molecule has 1 unspecified atom stereocenters. The Kier molecular flexibility index (Phi) is 3.80. The zero-order valence-corrected chi connectivity index (χ0v) is 7.89. The van der Waals surface area contributed by atoms with Gasteiger partial charge in [-0.05, 0) is 27.7 Å². The number of hydrogen-bond donors (Lipinski definition) is 1. The van der Waals surface area contributed by atoms with Crippen LogP contribution in [0.4, 0.5) is 4.79 Å². The molecular formula is C9H16NO2. The van der Waals surface area contributed by atoms with Gasteiger partial charge in [-0.1, -0.05) is 6.08 Å². The molecule has 0 saturated heterocycles. The van der Waals surface area contributed by atoms with Crippen LogP contribution in [0, 0.1) is 6.92 Å². The summed E-state index contributed by atoms with van der Waals surface area (Å²) in [5.74, 6) is 0. The maximum Gasteiger partial charge on any atom is 0.408 e. The Balaban J connectivity index is 3.82. The van der Waals surface area contributed by atoms with Crippen LogP contribution in [0.25, 0.3) is 0 Å². The lowest BCUT2D eigenvalue weighted by atomic mass is 10.2. The highest BCUT2D eigenvalue weighted by Gasteiger charge is 2.16. The molecule has 0 bridgehead atoms. The summed E-state index contributed by atoms with van der Waals surface area (Å²) in [6.45, 7) is 12.5. The molecule has 1 atom stereocenters. The molecule has 0 aromatic heterocycles. The molecule has 0 aromatic carbocycles. The Morgan fingerprint density at radius 2 is 2.08 bits per heavy atom. The van der Waals surface area contributed by atoms with Crippen molar-refractivity contribution in [1.82, 2.24) is 5.32 Å². The van der Waals surface area contributed by atoms with Crippen molar-refractivity contribution < 1.29 is 9.53 Å². The molecule has 1 amide bonds. The third-order valence-corrected chi connectivity index (χ3v) is 0.987. The first-order valence-electron chi connectivity index (χ1n) is 3.80. The highest BCUT2D eigenvalue weighted by molar-refractivity contribution is 5.68. The fraction of sp³-hybridized carbons (Fsp3) is 0.556.